The minimum Gasteiger partial charge on any atom is -0.389 e. The fraction of sp³-hybridized carbons (Fsp3) is 0.810. The van der Waals surface area contributed by atoms with E-state index in [4.69, 9.17) is 0 Å². The Morgan fingerprint density at radius 3 is 2.18 bits per heavy atom. The zero-order valence-electron chi connectivity index (χ0n) is 15.4. The maximum absolute atomic E-state index is 9.94. The van der Waals surface area contributed by atoms with Crippen molar-refractivity contribution in [1.82, 2.24) is 0 Å². The van der Waals surface area contributed by atoms with Crippen LogP contribution in [0.15, 0.2) is 23.8 Å². The molecule has 22 heavy (non-hydrogen) atoms. The molecule has 0 radical (unpaired) electrons. The summed E-state index contributed by atoms with van der Waals surface area (Å²) >= 11 is 0. The van der Waals surface area contributed by atoms with Crippen LogP contribution in [-0.2, 0) is 0 Å². The summed E-state index contributed by atoms with van der Waals surface area (Å²) in [7, 11) is 0. The minimum atomic E-state index is -0.247. The van der Waals surface area contributed by atoms with Gasteiger partial charge in [-0.15, -0.1) is 0 Å². The van der Waals surface area contributed by atoms with E-state index in [1.165, 1.54) is 57.8 Å². The van der Waals surface area contributed by atoms with Gasteiger partial charge in [-0.3, -0.25) is 0 Å². The summed E-state index contributed by atoms with van der Waals surface area (Å²) in [6, 6.07) is 0. The summed E-state index contributed by atoms with van der Waals surface area (Å²) in [5.41, 5.74) is 1.63. The Hall–Kier alpha value is -0.560. The van der Waals surface area contributed by atoms with Crippen LogP contribution >= 0.6 is 0 Å². The average Bonchev–Trinajstić information content (AvgIpc) is 2.51. The first kappa shape index (κ1) is 21.4. The van der Waals surface area contributed by atoms with Gasteiger partial charge in [-0.2, -0.15) is 0 Å². The molecule has 0 aliphatic carbocycles. The molecule has 0 rings (SSSR count). The SMILES string of the molecule is CCC/C=C/C(O)CCC/C(=C/CCCCC)CCCCC. The van der Waals surface area contributed by atoms with Gasteiger partial charge in [0.25, 0.3) is 0 Å². The fourth-order valence-electron chi connectivity index (χ4n) is 2.69. The van der Waals surface area contributed by atoms with Gasteiger partial charge in [0.15, 0.2) is 0 Å². The number of rotatable bonds is 15. The summed E-state index contributed by atoms with van der Waals surface area (Å²) in [4.78, 5) is 0. The largest absolute Gasteiger partial charge is 0.389 e. The quantitative estimate of drug-likeness (QED) is 0.256. The van der Waals surface area contributed by atoms with Crippen molar-refractivity contribution in [3.8, 4) is 0 Å². The maximum atomic E-state index is 9.94. The lowest BCUT2D eigenvalue weighted by Gasteiger charge is -2.10. The van der Waals surface area contributed by atoms with Crippen LogP contribution in [-0.4, -0.2) is 11.2 Å². The number of allylic oxidation sites excluding steroid dienone is 3. The Morgan fingerprint density at radius 1 is 0.818 bits per heavy atom. The third kappa shape index (κ3) is 14.4. The first-order chi connectivity index (χ1) is 10.7. The first-order valence-corrected chi connectivity index (χ1v) is 9.77. The van der Waals surface area contributed by atoms with E-state index in [0.717, 1.165) is 25.7 Å². The van der Waals surface area contributed by atoms with Gasteiger partial charge in [0.05, 0.1) is 6.10 Å². The normalized spacial score (nSPS) is 13.9. The highest BCUT2D eigenvalue weighted by Crippen LogP contribution is 2.18. The third-order valence-corrected chi connectivity index (χ3v) is 4.15. The number of hydrogen-bond donors (Lipinski definition) is 1. The molecule has 0 heterocycles. The van der Waals surface area contributed by atoms with Crippen LogP contribution in [0.4, 0.5) is 0 Å². The molecule has 0 saturated heterocycles. The molecule has 1 N–H and O–H groups in total. The smallest absolute Gasteiger partial charge is 0.0721 e. The molecule has 1 unspecified atom stereocenters. The van der Waals surface area contributed by atoms with Gasteiger partial charge in [0.2, 0.25) is 0 Å². The van der Waals surface area contributed by atoms with E-state index >= 15 is 0 Å². The van der Waals surface area contributed by atoms with E-state index in [2.05, 4.69) is 32.9 Å². The minimum absolute atomic E-state index is 0.247. The molecule has 1 heteroatoms. The third-order valence-electron chi connectivity index (χ3n) is 4.15. The molecular formula is C21H40O. The molecule has 0 aliphatic heterocycles. The molecule has 0 aromatic heterocycles. The molecule has 0 bridgehead atoms. The molecule has 0 spiro atoms. The molecule has 1 nitrogen and oxygen atoms in total. The molecule has 0 aromatic rings. The van der Waals surface area contributed by atoms with Crippen molar-refractivity contribution in [2.24, 2.45) is 0 Å². The van der Waals surface area contributed by atoms with Crippen LogP contribution < -0.4 is 0 Å². The Balaban J connectivity index is 4.04. The molecule has 1 atom stereocenters. The second-order valence-corrected chi connectivity index (χ2v) is 6.49. The predicted molar refractivity (Wildman–Crippen MR) is 100 cm³/mol. The van der Waals surface area contributed by atoms with Crippen molar-refractivity contribution >= 4 is 0 Å². The summed E-state index contributed by atoms with van der Waals surface area (Å²) in [6.45, 7) is 6.70. The van der Waals surface area contributed by atoms with Crippen molar-refractivity contribution < 1.29 is 5.11 Å². The highest BCUT2D eigenvalue weighted by atomic mass is 16.3. The summed E-state index contributed by atoms with van der Waals surface area (Å²) in [5, 5.41) is 9.94. The predicted octanol–water partition coefficient (Wildman–Crippen LogP) is 6.96. The van der Waals surface area contributed by atoms with Crippen LogP contribution in [0.5, 0.6) is 0 Å². The summed E-state index contributed by atoms with van der Waals surface area (Å²) < 4.78 is 0. The Morgan fingerprint density at radius 2 is 1.50 bits per heavy atom. The molecule has 0 fully saturated rings. The van der Waals surface area contributed by atoms with Crippen LogP contribution in [0, 0.1) is 0 Å². The van der Waals surface area contributed by atoms with Crippen molar-refractivity contribution in [2.75, 3.05) is 0 Å². The summed E-state index contributed by atoms with van der Waals surface area (Å²) in [6.07, 6.45) is 22.2. The highest BCUT2D eigenvalue weighted by Gasteiger charge is 2.02. The molecule has 130 valence electrons. The lowest BCUT2D eigenvalue weighted by atomic mass is 9.98. The first-order valence-electron chi connectivity index (χ1n) is 9.77. The fourth-order valence-corrected chi connectivity index (χ4v) is 2.69. The van der Waals surface area contributed by atoms with Crippen LogP contribution in [0.25, 0.3) is 0 Å². The Bertz CT molecular complexity index is 278. The number of aliphatic hydroxyl groups excluding tert-OH is 1. The standard InChI is InChI=1S/C21H40O/c1-4-7-10-13-16-20(15-11-8-5-2)17-14-19-21(22)18-12-9-6-3/h12,16,18,21-22H,4-11,13-15,17,19H2,1-3H3/b18-12+,20-16+. The monoisotopic (exact) mass is 308 g/mol. The summed E-state index contributed by atoms with van der Waals surface area (Å²) in [5.74, 6) is 0. The van der Waals surface area contributed by atoms with Crippen molar-refractivity contribution in [3.63, 3.8) is 0 Å². The number of aliphatic hydroxyl groups is 1. The zero-order valence-corrected chi connectivity index (χ0v) is 15.4. The van der Waals surface area contributed by atoms with Gasteiger partial charge in [-0.1, -0.05) is 76.7 Å². The van der Waals surface area contributed by atoms with E-state index in [-0.39, 0.29) is 6.10 Å². The molecule has 0 saturated carbocycles. The van der Waals surface area contributed by atoms with Crippen LogP contribution in [0.3, 0.4) is 0 Å². The van der Waals surface area contributed by atoms with Gasteiger partial charge >= 0.3 is 0 Å². The topological polar surface area (TPSA) is 20.2 Å². The lowest BCUT2D eigenvalue weighted by Crippen LogP contribution is -2.02. The molecule has 0 aromatic carbocycles. The van der Waals surface area contributed by atoms with E-state index in [9.17, 15) is 5.11 Å². The van der Waals surface area contributed by atoms with Gasteiger partial charge in [-0.05, 0) is 51.4 Å². The van der Waals surface area contributed by atoms with Crippen LogP contribution in [0.1, 0.15) is 104 Å². The zero-order chi connectivity index (χ0) is 16.5. The maximum Gasteiger partial charge on any atom is 0.0721 e. The van der Waals surface area contributed by atoms with Crippen molar-refractivity contribution in [3.05, 3.63) is 23.8 Å². The van der Waals surface area contributed by atoms with E-state index in [0.29, 0.717) is 0 Å². The Kier molecular flexibility index (Phi) is 16.4. The van der Waals surface area contributed by atoms with Gasteiger partial charge < -0.3 is 5.11 Å². The molecule has 0 aliphatic rings. The average molecular weight is 309 g/mol. The highest BCUT2D eigenvalue weighted by molar-refractivity contribution is 5.02. The van der Waals surface area contributed by atoms with Gasteiger partial charge in [-0.25, -0.2) is 0 Å². The van der Waals surface area contributed by atoms with Gasteiger partial charge in [0, 0.05) is 0 Å². The van der Waals surface area contributed by atoms with E-state index in [1.54, 1.807) is 5.57 Å². The van der Waals surface area contributed by atoms with Crippen LogP contribution in [0.2, 0.25) is 0 Å². The lowest BCUT2D eigenvalue weighted by molar-refractivity contribution is 0.209. The van der Waals surface area contributed by atoms with Gasteiger partial charge in [0.1, 0.15) is 0 Å². The second-order valence-electron chi connectivity index (χ2n) is 6.49. The van der Waals surface area contributed by atoms with Crippen molar-refractivity contribution in [1.29, 1.82) is 0 Å². The number of hydrogen-bond acceptors (Lipinski definition) is 1. The second kappa shape index (κ2) is 16.8. The molecular weight excluding hydrogens is 268 g/mol. The van der Waals surface area contributed by atoms with E-state index < -0.39 is 0 Å². The Labute approximate surface area is 139 Å². The number of unbranched alkanes of at least 4 members (excludes halogenated alkanes) is 6. The van der Waals surface area contributed by atoms with E-state index in [1.807, 2.05) is 6.08 Å². The molecule has 0 amide bonds. The van der Waals surface area contributed by atoms with Crippen molar-refractivity contribution in [2.45, 2.75) is 110 Å².